The first kappa shape index (κ1) is 22.6. The second kappa shape index (κ2) is 9.37. The Morgan fingerprint density at radius 2 is 1.80 bits per heavy atom. The lowest BCUT2D eigenvalue weighted by molar-refractivity contribution is 0.102. The number of anilines is 2. The fourth-order valence-corrected chi connectivity index (χ4v) is 5.04. The molecule has 0 bridgehead atoms. The van der Waals surface area contributed by atoms with Crippen LogP contribution in [0, 0.1) is 0 Å². The number of carbonyl (C=O) groups excluding carboxylic acids is 1. The van der Waals surface area contributed by atoms with E-state index in [1.807, 2.05) is 12.1 Å². The van der Waals surface area contributed by atoms with Crippen molar-refractivity contribution in [1.82, 2.24) is 4.31 Å². The molecule has 6 nitrogen and oxygen atoms in total. The molecule has 1 saturated heterocycles. The van der Waals surface area contributed by atoms with Gasteiger partial charge in [0.15, 0.2) is 0 Å². The number of hydrogen-bond acceptors (Lipinski definition) is 4. The maximum Gasteiger partial charge on any atom is 0.255 e. The summed E-state index contributed by atoms with van der Waals surface area (Å²) in [7, 11) is -2.14. The highest BCUT2D eigenvalue weighted by atomic mass is 35.5. The second-order valence-electron chi connectivity index (χ2n) is 7.81. The third-order valence-corrected chi connectivity index (χ3v) is 7.67. The fraction of sp³-hybridized carbons (Fsp3) is 0.409. The molecule has 0 radical (unpaired) electrons. The lowest BCUT2D eigenvalue weighted by atomic mass is 10.1. The van der Waals surface area contributed by atoms with E-state index >= 15 is 0 Å². The van der Waals surface area contributed by atoms with Gasteiger partial charge in [0.2, 0.25) is 10.0 Å². The third kappa shape index (κ3) is 4.96. The predicted octanol–water partition coefficient (Wildman–Crippen LogP) is 4.61. The summed E-state index contributed by atoms with van der Waals surface area (Å²) in [6.07, 6.45) is 3.43. The molecule has 0 spiro atoms. The molecule has 0 atom stereocenters. The van der Waals surface area contributed by atoms with Crippen LogP contribution in [0.4, 0.5) is 11.4 Å². The maximum atomic E-state index is 13.0. The lowest BCUT2D eigenvalue weighted by Gasteiger charge is -2.30. The molecule has 0 saturated carbocycles. The molecule has 3 rings (SSSR count). The van der Waals surface area contributed by atoms with E-state index < -0.39 is 10.0 Å². The highest BCUT2D eigenvalue weighted by Gasteiger charge is 2.24. The zero-order valence-electron chi connectivity index (χ0n) is 17.6. The number of piperidine rings is 1. The molecular formula is C22H28ClN3O3S. The van der Waals surface area contributed by atoms with Gasteiger partial charge in [-0.2, -0.15) is 4.31 Å². The van der Waals surface area contributed by atoms with Gasteiger partial charge in [0, 0.05) is 36.8 Å². The highest BCUT2D eigenvalue weighted by molar-refractivity contribution is 7.89. The van der Waals surface area contributed by atoms with E-state index in [-0.39, 0.29) is 22.4 Å². The minimum atomic E-state index is -3.68. The monoisotopic (exact) mass is 449 g/mol. The van der Waals surface area contributed by atoms with Crippen LogP contribution < -0.4 is 10.2 Å². The van der Waals surface area contributed by atoms with Crippen LogP contribution in [0.15, 0.2) is 47.4 Å². The van der Waals surface area contributed by atoms with E-state index in [9.17, 15) is 13.2 Å². The second-order valence-corrected chi connectivity index (χ2v) is 10.2. The van der Waals surface area contributed by atoms with Crippen LogP contribution in [0.25, 0.3) is 0 Å². The number of carbonyl (C=O) groups is 1. The summed E-state index contributed by atoms with van der Waals surface area (Å²) in [5, 5.41) is 3.45. The van der Waals surface area contributed by atoms with Crippen molar-refractivity contribution < 1.29 is 13.2 Å². The molecule has 8 heteroatoms. The van der Waals surface area contributed by atoms with Gasteiger partial charge < -0.3 is 10.2 Å². The number of amides is 1. The lowest BCUT2D eigenvalue weighted by Crippen LogP contribution is -2.33. The van der Waals surface area contributed by atoms with E-state index in [0.29, 0.717) is 10.7 Å². The molecule has 0 aliphatic carbocycles. The quantitative estimate of drug-likeness (QED) is 0.699. The van der Waals surface area contributed by atoms with Crippen molar-refractivity contribution >= 4 is 38.9 Å². The summed E-state index contributed by atoms with van der Waals surface area (Å²) >= 11 is 6.18. The van der Waals surface area contributed by atoms with Crippen molar-refractivity contribution in [2.75, 3.05) is 30.4 Å². The molecule has 162 valence electrons. The van der Waals surface area contributed by atoms with Gasteiger partial charge in [-0.05, 0) is 69.5 Å². The first-order valence-corrected chi connectivity index (χ1v) is 12.0. The Hall–Kier alpha value is -2.09. The number of halogens is 1. The Morgan fingerprint density at radius 3 is 2.47 bits per heavy atom. The number of benzene rings is 2. The molecule has 1 aliphatic rings. The SMILES string of the molecule is CC(C)N(C)S(=O)(=O)c1cccc(C(=O)Nc2cc(Cl)ccc2N2CCCCC2)c1. The summed E-state index contributed by atoms with van der Waals surface area (Å²) < 4.78 is 26.9. The summed E-state index contributed by atoms with van der Waals surface area (Å²) in [5.74, 6) is -0.375. The molecule has 1 amide bonds. The predicted molar refractivity (Wildman–Crippen MR) is 122 cm³/mol. The molecular weight excluding hydrogens is 422 g/mol. The molecule has 1 heterocycles. The first-order valence-electron chi connectivity index (χ1n) is 10.1. The van der Waals surface area contributed by atoms with Crippen LogP contribution in [-0.2, 0) is 10.0 Å². The molecule has 1 aliphatic heterocycles. The summed E-state index contributed by atoms with van der Waals surface area (Å²) in [6, 6.07) is 11.4. The van der Waals surface area contributed by atoms with Crippen LogP contribution in [0.3, 0.4) is 0 Å². The maximum absolute atomic E-state index is 13.0. The van der Waals surface area contributed by atoms with Crippen molar-refractivity contribution in [2.24, 2.45) is 0 Å². The first-order chi connectivity index (χ1) is 14.2. The summed E-state index contributed by atoms with van der Waals surface area (Å²) in [4.78, 5) is 15.3. The van der Waals surface area contributed by atoms with E-state index in [1.54, 1.807) is 32.0 Å². The number of nitrogens with zero attached hydrogens (tertiary/aromatic N) is 2. The van der Waals surface area contributed by atoms with E-state index in [0.717, 1.165) is 31.6 Å². The standard InChI is InChI=1S/C22H28ClN3O3S/c1-16(2)25(3)30(28,29)19-9-7-8-17(14-19)22(27)24-20-15-18(23)10-11-21(20)26-12-5-4-6-13-26/h7-11,14-16H,4-6,12-13H2,1-3H3,(H,24,27). The van der Waals surface area contributed by atoms with Gasteiger partial charge in [0.1, 0.15) is 0 Å². The van der Waals surface area contributed by atoms with Crippen molar-refractivity contribution in [2.45, 2.75) is 44.0 Å². The number of nitrogens with one attached hydrogen (secondary N) is 1. The Balaban J connectivity index is 1.88. The fourth-order valence-electron chi connectivity index (χ4n) is 3.46. The molecule has 1 N–H and O–H groups in total. The molecule has 1 fully saturated rings. The minimum absolute atomic E-state index is 0.0914. The van der Waals surface area contributed by atoms with Crippen molar-refractivity contribution in [3.63, 3.8) is 0 Å². The van der Waals surface area contributed by atoms with Crippen molar-refractivity contribution in [3.05, 3.63) is 53.1 Å². The molecule has 2 aromatic rings. The zero-order chi connectivity index (χ0) is 21.9. The van der Waals surface area contributed by atoms with Gasteiger partial charge in [-0.15, -0.1) is 0 Å². The number of rotatable bonds is 6. The minimum Gasteiger partial charge on any atom is -0.370 e. The summed E-state index contributed by atoms with van der Waals surface area (Å²) in [6.45, 7) is 5.46. The average Bonchev–Trinajstić information content (AvgIpc) is 2.74. The van der Waals surface area contributed by atoms with E-state index in [2.05, 4.69) is 10.2 Å². The largest absolute Gasteiger partial charge is 0.370 e. The van der Waals surface area contributed by atoms with Crippen LogP contribution in [0.1, 0.15) is 43.5 Å². The summed E-state index contributed by atoms with van der Waals surface area (Å²) in [5.41, 5.74) is 1.83. The van der Waals surface area contributed by atoms with Crippen LogP contribution in [0.5, 0.6) is 0 Å². The molecule has 2 aromatic carbocycles. The van der Waals surface area contributed by atoms with Gasteiger partial charge in [-0.25, -0.2) is 8.42 Å². The van der Waals surface area contributed by atoms with E-state index in [4.69, 9.17) is 11.6 Å². The molecule has 30 heavy (non-hydrogen) atoms. The normalized spacial score (nSPS) is 14.9. The van der Waals surface area contributed by atoms with Crippen LogP contribution in [0.2, 0.25) is 5.02 Å². The van der Waals surface area contributed by atoms with Crippen molar-refractivity contribution in [1.29, 1.82) is 0 Å². The van der Waals surface area contributed by atoms with Gasteiger partial charge in [0.25, 0.3) is 5.91 Å². The molecule has 0 aromatic heterocycles. The van der Waals surface area contributed by atoms with Gasteiger partial charge in [-0.1, -0.05) is 17.7 Å². The van der Waals surface area contributed by atoms with Crippen LogP contribution in [-0.4, -0.2) is 44.8 Å². The van der Waals surface area contributed by atoms with Gasteiger partial charge >= 0.3 is 0 Å². The number of sulfonamides is 1. The smallest absolute Gasteiger partial charge is 0.255 e. The average molecular weight is 450 g/mol. The Morgan fingerprint density at radius 1 is 1.10 bits per heavy atom. The Labute approximate surface area is 183 Å². The Bertz CT molecular complexity index is 1020. The molecule has 0 unspecified atom stereocenters. The number of hydrogen-bond donors (Lipinski definition) is 1. The third-order valence-electron chi connectivity index (χ3n) is 5.40. The van der Waals surface area contributed by atoms with E-state index in [1.165, 1.54) is 29.9 Å². The van der Waals surface area contributed by atoms with Crippen molar-refractivity contribution in [3.8, 4) is 0 Å². The highest BCUT2D eigenvalue weighted by Crippen LogP contribution is 2.31. The van der Waals surface area contributed by atoms with Gasteiger partial charge in [0.05, 0.1) is 16.3 Å². The zero-order valence-corrected chi connectivity index (χ0v) is 19.1. The van der Waals surface area contributed by atoms with Crippen LogP contribution >= 0.6 is 11.6 Å². The Kier molecular flexibility index (Phi) is 7.06. The topological polar surface area (TPSA) is 69.7 Å². The van der Waals surface area contributed by atoms with Gasteiger partial charge in [-0.3, -0.25) is 4.79 Å².